The third kappa shape index (κ3) is 3.12. The van der Waals surface area contributed by atoms with Gasteiger partial charge in [-0.3, -0.25) is 0 Å². The SMILES string of the molecule is CCOc1nc2ccc(Cl)cc2c(-c2ccccc2)c1OC(=O)O. The van der Waals surface area contributed by atoms with Crippen LogP contribution in [-0.4, -0.2) is 22.9 Å². The Hall–Kier alpha value is -2.79. The highest BCUT2D eigenvalue weighted by Crippen LogP contribution is 2.42. The number of rotatable bonds is 4. The lowest BCUT2D eigenvalue weighted by Gasteiger charge is -2.16. The Kier molecular flexibility index (Phi) is 4.53. The Morgan fingerprint density at radius 3 is 2.62 bits per heavy atom. The third-order valence-corrected chi connectivity index (χ3v) is 3.64. The van der Waals surface area contributed by atoms with E-state index in [0.717, 1.165) is 5.56 Å². The minimum Gasteiger partial charge on any atom is -0.475 e. The van der Waals surface area contributed by atoms with E-state index < -0.39 is 6.16 Å². The second-order valence-electron chi connectivity index (χ2n) is 4.95. The van der Waals surface area contributed by atoms with Crippen molar-refractivity contribution in [3.05, 3.63) is 53.6 Å². The van der Waals surface area contributed by atoms with Gasteiger partial charge in [-0.05, 0) is 30.7 Å². The Morgan fingerprint density at radius 2 is 1.96 bits per heavy atom. The van der Waals surface area contributed by atoms with Gasteiger partial charge in [-0.15, -0.1) is 0 Å². The molecule has 0 aliphatic carbocycles. The molecule has 1 N–H and O–H groups in total. The second-order valence-corrected chi connectivity index (χ2v) is 5.39. The van der Waals surface area contributed by atoms with Gasteiger partial charge in [-0.25, -0.2) is 9.78 Å². The van der Waals surface area contributed by atoms with Gasteiger partial charge in [0.1, 0.15) is 0 Å². The molecule has 0 amide bonds. The number of pyridine rings is 1. The summed E-state index contributed by atoms with van der Waals surface area (Å²) in [6.45, 7) is 2.12. The van der Waals surface area contributed by atoms with Gasteiger partial charge in [0, 0.05) is 16.0 Å². The fourth-order valence-corrected chi connectivity index (χ4v) is 2.68. The highest BCUT2D eigenvalue weighted by atomic mass is 35.5. The zero-order valence-electron chi connectivity index (χ0n) is 12.8. The summed E-state index contributed by atoms with van der Waals surface area (Å²) in [4.78, 5) is 15.6. The molecule has 1 aromatic heterocycles. The molecule has 0 unspecified atom stereocenters. The number of fused-ring (bicyclic) bond motifs is 1. The first kappa shape index (κ1) is 16.1. The molecule has 0 saturated heterocycles. The van der Waals surface area contributed by atoms with Gasteiger partial charge in [-0.2, -0.15) is 0 Å². The highest BCUT2D eigenvalue weighted by Gasteiger charge is 2.21. The van der Waals surface area contributed by atoms with Gasteiger partial charge >= 0.3 is 6.16 Å². The summed E-state index contributed by atoms with van der Waals surface area (Å²) in [5.74, 6) is 0.193. The van der Waals surface area contributed by atoms with Crippen LogP contribution in [0.5, 0.6) is 11.6 Å². The summed E-state index contributed by atoms with van der Waals surface area (Å²) in [6.07, 6.45) is -1.43. The number of nitrogens with zero attached hydrogens (tertiary/aromatic N) is 1. The van der Waals surface area contributed by atoms with Crippen molar-refractivity contribution in [2.24, 2.45) is 0 Å². The maximum Gasteiger partial charge on any atom is 0.511 e. The van der Waals surface area contributed by atoms with E-state index in [1.165, 1.54) is 0 Å². The number of aromatic nitrogens is 1. The minimum absolute atomic E-state index is 0.0605. The standard InChI is InChI=1S/C18H14ClNO4/c1-2-23-17-16(24-18(21)22)15(11-6-4-3-5-7-11)13-10-12(19)8-9-14(13)20-17/h3-10H,2H2,1H3,(H,21,22). The lowest BCUT2D eigenvalue weighted by atomic mass is 10.00. The Labute approximate surface area is 143 Å². The van der Waals surface area contributed by atoms with Crippen LogP contribution >= 0.6 is 11.6 Å². The number of carboxylic acid groups (broad SMARTS) is 1. The summed E-state index contributed by atoms with van der Waals surface area (Å²) in [7, 11) is 0. The lowest BCUT2D eigenvalue weighted by Crippen LogP contribution is -2.08. The molecular weight excluding hydrogens is 330 g/mol. The topological polar surface area (TPSA) is 68.7 Å². The monoisotopic (exact) mass is 343 g/mol. The maximum absolute atomic E-state index is 11.2. The number of benzene rings is 2. The van der Waals surface area contributed by atoms with Gasteiger partial charge in [0.15, 0.2) is 0 Å². The number of hydrogen-bond donors (Lipinski definition) is 1. The molecule has 5 nitrogen and oxygen atoms in total. The van der Waals surface area contributed by atoms with Crippen molar-refractivity contribution in [1.82, 2.24) is 4.98 Å². The molecule has 0 saturated carbocycles. The minimum atomic E-state index is -1.43. The Bertz CT molecular complexity index is 896. The van der Waals surface area contributed by atoms with E-state index >= 15 is 0 Å². The van der Waals surface area contributed by atoms with Crippen molar-refractivity contribution < 1.29 is 19.4 Å². The van der Waals surface area contributed by atoms with Gasteiger partial charge < -0.3 is 14.6 Å². The Balaban J connectivity index is 2.40. The van der Waals surface area contributed by atoms with Crippen LogP contribution in [0.2, 0.25) is 5.02 Å². The van der Waals surface area contributed by atoms with E-state index in [1.807, 2.05) is 30.3 Å². The van der Waals surface area contributed by atoms with E-state index in [9.17, 15) is 4.79 Å². The third-order valence-electron chi connectivity index (χ3n) is 3.40. The van der Waals surface area contributed by atoms with E-state index in [1.54, 1.807) is 25.1 Å². The van der Waals surface area contributed by atoms with Crippen molar-refractivity contribution in [3.8, 4) is 22.8 Å². The van der Waals surface area contributed by atoms with Crippen LogP contribution in [0.25, 0.3) is 22.0 Å². The molecule has 24 heavy (non-hydrogen) atoms. The number of hydrogen-bond acceptors (Lipinski definition) is 4. The molecule has 0 spiro atoms. The molecule has 0 atom stereocenters. The van der Waals surface area contributed by atoms with E-state index in [0.29, 0.717) is 28.1 Å². The van der Waals surface area contributed by atoms with Crippen molar-refractivity contribution >= 4 is 28.7 Å². The second kappa shape index (κ2) is 6.76. The predicted octanol–water partition coefficient (Wildman–Crippen LogP) is 5.01. The zero-order chi connectivity index (χ0) is 17.1. The molecule has 0 radical (unpaired) electrons. The summed E-state index contributed by atoms with van der Waals surface area (Å²) in [5, 5.41) is 10.3. The molecule has 122 valence electrons. The zero-order valence-corrected chi connectivity index (χ0v) is 13.6. The first-order chi connectivity index (χ1) is 11.6. The summed E-state index contributed by atoms with van der Waals surface area (Å²) < 4.78 is 10.5. The van der Waals surface area contributed by atoms with E-state index in [-0.39, 0.29) is 11.6 Å². The quantitative estimate of drug-likeness (QED) is 0.674. The summed E-state index contributed by atoms with van der Waals surface area (Å²) in [6, 6.07) is 14.5. The van der Waals surface area contributed by atoms with Crippen molar-refractivity contribution in [2.45, 2.75) is 6.92 Å². The van der Waals surface area contributed by atoms with Crippen molar-refractivity contribution in [3.63, 3.8) is 0 Å². The molecule has 3 aromatic rings. The van der Waals surface area contributed by atoms with Crippen molar-refractivity contribution in [2.75, 3.05) is 6.61 Å². The van der Waals surface area contributed by atoms with Gasteiger partial charge in [0.25, 0.3) is 5.88 Å². The molecule has 0 bridgehead atoms. The molecular formula is C18H14ClNO4. The fourth-order valence-electron chi connectivity index (χ4n) is 2.50. The van der Waals surface area contributed by atoms with Crippen LogP contribution in [0.1, 0.15) is 6.92 Å². The largest absolute Gasteiger partial charge is 0.511 e. The van der Waals surface area contributed by atoms with E-state index in [4.69, 9.17) is 26.2 Å². The fraction of sp³-hybridized carbons (Fsp3) is 0.111. The lowest BCUT2D eigenvalue weighted by molar-refractivity contribution is 0.142. The van der Waals surface area contributed by atoms with Crippen LogP contribution in [0.3, 0.4) is 0 Å². The number of carbonyl (C=O) groups is 1. The van der Waals surface area contributed by atoms with Gasteiger partial charge in [0.2, 0.25) is 5.75 Å². The summed E-state index contributed by atoms with van der Waals surface area (Å²) in [5.41, 5.74) is 2.00. The molecule has 6 heteroatoms. The first-order valence-corrected chi connectivity index (χ1v) is 7.70. The number of halogens is 1. The molecule has 0 aliphatic heterocycles. The summed E-state index contributed by atoms with van der Waals surface area (Å²) >= 11 is 6.12. The Morgan fingerprint density at radius 1 is 1.21 bits per heavy atom. The normalized spacial score (nSPS) is 10.6. The smallest absolute Gasteiger partial charge is 0.475 e. The molecule has 0 fully saturated rings. The highest BCUT2D eigenvalue weighted by molar-refractivity contribution is 6.31. The predicted molar refractivity (Wildman–Crippen MR) is 92.0 cm³/mol. The van der Waals surface area contributed by atoms with Gasteiger partial charge in [0.05, 0.1) is 12.1 Å². The average molecular weight is 344 g/mol. The first-order valence-electron chi connectivity index (χ1n) is 7.32. The van der Waals surface area contributed by atoms with Crippen LogP contribution < -0.4 is 9.47 Å². The van der Waals surface area contributed by atoms with Gasteiger partial charge in [-0.1, -0.05) is 41.9 Å². The maximum atomic E-state index is 11.2. The van der Waals surface area contributed by atoms with Crippen LogP contribution in [0.4, 0.5) is 4.79 Å². The molecule has 0 aliphatic rings. The van der Waals surface area contributed by atoms with Crippen LogP contribution in [0, 0.1) is 0 Å². The molecule has 3 rings (SSSR count). The van der Waals surface area contributed by atoms with Crippen LogP contribution in [0.15, 0.2) is 48.5 Å². The molecule has 1 heterocycles. The van der Waals surface area contributed by atoms with Crippen molar-refractivity contribution in [1.29, 1.82) is 0 Å². The number of ether oxygens (including phenoxy) is 2. The average Bonchev–Trinajstić information content (AvgIpc) is 2.56. The molecule has 2 aromatic carbocycles. The van der Waals surface area contributed by atoms with E-state index in [2.05, 4.69) is 4.98 Å². The van der Waals surface area contributed by atoms with Crippen LogP contribution in [-0.2, 0) is 0 Å².